The van der Waals surface area contributed by atoms with Gasteiger partial charge in [0.25, 0.3) is 0 Å². The zero-order valence-electron chi connectivity index (χ0n) is 20.5. The van der Waals surface area contributed by atoms with Crippen molar-refractivity contribution in [2.45, 2.75) is 33.6 Å². The molecule has 34 heavy (non-hydrogen) atoms. The standard InChI is InChI=1S/C28H34N6/c1-21(2)20-32-14-7-15-33(17-16-32)27-25-19-29-34(24-8-5-4-6-9-24)28(25)31-26(30-27)18-23-12-10-22(3)11-13-23/h4-6,8-13,19,21H,7,14-18,20H2,1-3H3. The molecule has 0 aliphatic carbocycles. The summed E-state index contributed by atoms with van der Waals surface area (Å²) in [4.78, 5) is 15.2. The third-order valence-electron chi connectivity index (χ3n) is 6.45. The Hall–Kier alpha value is -3.25. The Morgan fingerprint density at radius 2 is 1.68 bits per heavy atom. The topological polar surface area (TPSA) is 50.1 Å². The van der Waals surface area contributed by atoms with Gasteiger partial charge in [-0.3, -0.25) is 0 Å². The van der Waals surface area contributed by atoms with Crippen molar-refractivity contribution in [1.82, 2.24) is 24.6 Å². The van der Waals surface area contributed by atoms with Gasteiger partial charge in [-0.05, 0) is 43.5 Å². The molecular formula is C28H34N6. The molecule has 5 rings (SSSR count). The maximum Gasteiger partial charge on any atom is 0.168 e. The number of fused-ring (bicyclic) bond motifs is 1. The summed E-state index contributed by atoms with van der Waals surface area (Å²) in [6, 6.07) is 18.9. The van der Waals surface area contributed by atoms with E-state index in [1.807, 2.05) is 29.1 Å². The van der Waals surface area contributed by atoms with Crippen LogP contribution in [-0.2, 0) is 6.42 Å². The van der Waals surface area contributed by atoms with E-state index in [0.29, 0.717) is 12.3 Å². The van der Waals surface area contributed by atoms with Crippen LogP contribution in [0.15, 0.2) is 60.8 Å². The minimum atomic E-state index is 0.683. The SMILES string of the molecule is Cc1ccc(Cc2nc(N3CCCN(CC(C)C)CC3)c3cnn(-c4ccccc4)c3n2)cc1. The van der Waals surface area contributed by atoms with Crippen molar-refractivity contribution in [3.63, 3.8) is 0 Å². The molecule has 1 aliphatic rings. The van der Waals surface area contributed by atoms with Crippen LogP contribution >= 0.6 is 0 Å². The lowest BCUT2D eigenvalue weighted by Gasteiger charge is -2.24. The summed E-state index contributed by atoms with van der Waals surface area (Å²) in [6.07, 6.45) is 3.78. The molecule has 6 heteroatoms. The summed E-state index contributed by atoms with van der Waals surface area (Å²) in [7, 11) is 0. The van der Waals surface area contributed by atoms with Crippen molar-refractivity contribution in [2.24, 2.45) is 5.92 Å². The maximum absolute atomic E-state index is 5.12. The van der Waals surface area contributed by atoms with E-state index in [1.54, 1.807) is 0 Å². The van der Waals surface area contributed by atoms with Gasteiger partial charge in [-0.1, -0.05) is 61.9 Å². The zero-order chi connectivity index (χ0) is 23.5. The summed E-state index contributed by atoms with van der Waals surface area (Å²) < 4.78 is 1.95. The van der Waals surface area contributed by atoms with Crippen LogP contribution in [0.25, 0.3) is 16.7 Å². The minimum absolute atomic E-state index is 0.683. The van der Waals surface area contributed by atoms with Crippen molar-refractivity contribution in [2.75, 3.05) is 37.6 Å². The molecule has 0 saturated carbocycles. The van der Waals surface area contributed by atoms with E-state index in [1.165, 1.54) is 11.1 Å². The predicted octanol–water partition coefficient (Wildman–Crippen LogP) is 4.88. The van der Waals surface area contributed by atoms with Gasteiger partial charge in [-0.2, -0.15) is 5.10 Å². The highest BCUT2D eigenvalue weighted by atomic mass is 15.3. The second-order valence-corrected chi connectivity index (χ2v) is 9.79. The number of aryl methyl sites for hydroxylation is 1. The van der Waals surface area contributed by atoms with Gasteiger partial charge in [-0.25, -0.2) is 14.6 Å². The van der Waals surface area contributed by atoms with Crippen LogP contribution in [0.2, 0.25) is 0 Å². The summed E-state index contributed by atoms with van der Waals surface area (Å²) in [6.45, 7) is 12.0. The molecule has 0 amide bonds. The number of anilines is 1. The molecule has 2 aromatic heterocycles. The lowest BCUT2D eigenvalue weighted by atomic mass is 10.1. The van der Waals surface area contributed by atoms with Crippen LogP contribution < -0.4 is 4.90 Å². The van der Waals surface area contributed by atoms with E-state index in [2.05, 4.69) is 67.0 Å². The molecule has 0 N–H and O–H groups in total. The van der Waals surface area contributed by atoms with E-state index in [-0.39, 0.29) is 0 Å². The van der Waals surface area contributed by atoms with E-state index in [9.17, 15) is 0 Å². The fourth-order valence-electron chi connectivity index (χ4n) is 4.79. The average molecular weight is 455 g/mol. The molecule has 6 nitrogen and oxygen atoms in total. The molecule has 0 spiro atoms. The molecule has 1 fully saturated rings. The van der Waals surface area contributed by atoms with Gasteiger partial charge in [0.1, 0.15) is 11.6 Å². The number of nitrogens with zero attached hydrogens (tertiary/aromatic N) is 6. The van der Waals surface area contributed by atoms with Gasteiger partial charge in [0.05, 0.1) is 17.3 Å². The summed E-state index contributed by atoms with van der Waals surface area (Å²) in [5.41, 5.74) is 4.38. The number of aromatic nitrogens is 4. The minimum Gasteiger partial charge on any atom is -0.355 e. The lowest BCUT2D eigenvalue weighted by molar-refractivity contribution is 0.261. The van der Waals surface area contributed by atoms with Crippen molar-refractivity contribution >= 4 is 16.9 Å². The van der Waals surface area contributed by atoms with E-state index < -0.39 is 0 Å². The Balaban J connectivity index is 1.54. The van der Waals surface area contributed by atoms with Crippen LogP contribution in [0.5, 0.6) is 0 Å². The van der Waals surface area contributed by atoms with Gasteiger partial charge in [0, 0.05) is 32.6 Å². The quantitative estimate of drug-likeness (QED) is 0.415. The van der Waals surface area contributed by atoms with Crippen LogP contribution in [0.4, 0.5) is 5.82 Å². The first-order valence-corrected chi connectivity index (χ1v) is 12.4. The van der Waals surface area contributed by atoms with Crippen molar-refractivity contribution in [3.05, 3.63) is 77.7 Å². The fraction of sp³-hybridized carbons (Fsp3) is 0.393. The molecular weight excluding hydrogens is 420 g/mol. The maximum atomic E-state index is 5.12. The van der Waals surface area contributed by atoms with Crippen LogP contribution in [0.1, 0.15) is 37.2 Å². The molecule has 0 bridgehead atoms. The number of hydrogen-bond donors (Lipinski definition) is 0. The highest BCUT2D eigenvalue weighted by molar-refractivity contribution is 5.88. The summed E-state index contributed by atoms with van der Waals surface area (Å²) >= 11 is 0. The Kier molecular flexibility index (Phi) is 6.59. The molecule has 0 radical (unpaired) electrons. The number of hydrogen-bond acceptors (Lipinski definition) is 5. The number of rotatable bonds is 6. The molecule has 2 aromatic carbocycles. The Bertz CT molecular complexity index is 1230. The summed E-state index contributed by atoms with van der Waals surface area (Å²) in [5.74, 6) is 2.54. The molecule has 0 unspecified atom stereocenters. The van der Waals surface area contributed by atoms with Gasteiger partial charge in [0.15, 0.2) is 5.65 Å². The fourth-order valence-corrected chi connectivity index (χ4v) is 4.79. The first-order chi connectivity index (χ1) is 16.6. The second kappa shape index (κ2) is 9.94. The van der Waals surface area contributed by atoms with E-state index in [0.717, 1.165) is 67.5 Å². The smallest absolute Gasteiger partial charge is 0.168 e. The Morgan fingerprint density at radius 3 is 2.44 bits per heavy atom. The molecule has 3 heterocycles. The normalized spacial score (nSPS) is 15.2. The van der Waals surface area contributed by atoms with Crippen LogP contribution in [0, 0.1) is 12.8 Å². The predicted molar refractivity (Wildman–Crippen MR) is 139 cm³/mol. The zero-order valence-corrected chi connectivity index (χ0v) is 20.5. The number of para-hydroxylation sites is 1. The van der Waals surface area contributed by atoms with Gasteiger partial charge < -0.3 is 9.80 Å². The average Bonchev–Trinajstić information content (AvgIpc) is 3.13. The van der Waals surface area contributed by atoms with Gasteiger partial charge in [0.2, 0.25) is 0 Å². The van der Waals surface area contributed by atoms with Crippen LogP contribution in [-0.4, -0.2) is 57.4 Å². The number of benzene rings is 2. The highest BCUT2D eigenvalue weighted by Crippen LogP contribution is 2.27. The molecule has 4 aromatic rings. The first kappa shape index (κ1) is 22.5. The van der Waals surface area contributed by atoms with E-state index in [4.69, 9.17) is 15.1 Å². The second-order valence-electron chi connectivity index (χ2n) is 9.79. The van der Waals surface area contributed by atoms with Crippen molar-refractivity contribution < 1.29 is 0 Å². The van der Waals surface area contributed by atoms with E-state index >= 15 is 0 Å². The molecule has 1 saturated heterocycles. The lowest BCUT2D eigenvalue weighted by Crippen LogP contribution is -2.33. The largest absolute Gasteiger partial charge is 0.355 e. The van der Waals surface area contributed by atoms with Crippen molar-refractivity contribution in [1.29, 1.82) is 0 Å². The monoisotopic (exact) mass is 454 g/mol. The van der Waals surface area contributed by atoms with Crippen molar-refractivity contribution in [3.8, 4) is 5.69 Å². The summed E-state index contributed by atoms with van der Waals surface area (Å²) in [5, 5.41) is 5.76. The Morgan fingerprint density at radius 1 is 0.882 bits per heavy atom. The molecule has 1 aliphatic heterocycles. The molecule has 0 atom stereocenters. The first-order valence-electron chi connectivity index (χ1n) is 12.4. The highest BCUT2D eigenvalue weighted by Gasteiger charge is 2.22. The molecule has 176 valence electrons. The van der Waals surface area contributed by atoms with Gasteiger partial charge >= 0.3 is 0 Å². The van der Waals surface area contributed by atoms with Gasteiger partial charge in [-0.15, -0.1) is 0 Å². The van der Waals surface area contributed by atoms with Crippen LogP contribution in [0.3, 0.4) is 0 Å². The third kappa shape index (κ3) is 4.97. The third-order valence-corrected chi connectivity index (χ3v) is 6.45. The Labute approximate surface area is 202 Å².